The van der Waals surface area contributed by atoms with E-state index in [0.717, 1.165) is 24.2 Å². The van der Waals surface area contributed by atoms with Crippen LogP contribution < -0.4 is 4.74 Å². The molecule has 0 unspecified atom stereocenters. The molecule has 4 rings (SSSR count). The number of aliphatic hydroxyl groups is 1. The van der Waals surface area contributed by atoms with Crippen molar-refractivity contribution in [3.63, 3.8) is 0 Å². The summed E-state index contributed by atoms with van der Waals surface area (Å²) < 4.78 is 5.95. The Hall–Kier alpha value is -1.62. The van der Waals surface area contributed by atoms with E-state index < -0.39 is 6.10 Å². The van der Waals surface area contributed by atoms with Gasteiger partial charge in [-0.1, -0.05) is 36.4 Å². The third kappa shape index (κ3) is 3.97. The first-order valence-corrected chi connectivity index (χ1v) is 9.54. The molecule has 0 radical (unpaired) electrons. The summed E-state index contributed by atoms with van der Waals surface area (Å²) in [5.41, 5.74) is 0. The van der Waals surface area contributed by atoms with E-state index in [0.29, 0.717) is 19.2 Å². The lowest BCUT2D eigenvalue weighted by atomic mass is 10.1. The number of aliphatic hydroxyl groups excluding tert-OH is 1. The largest absolute Gasteiger partial charge is 0.490 e. The second kappa shape index (κ2) is 7.73. The number of β-amino-alcohol motifs (C(OH)–C–C–N with tert-alkyl or cyclic N) is 1. The van der Waals surface area contributed by atoms with Gasteiger partial charge in [-0.3, -0.25) is 9.80 Å². The van der Waals surface area contributed by atoms with Crippen molar-refractivity contribution >= 4 is 10.8 Å². The van der Waals surface area contributed by atoms with Crippen LogP contribution in [0.3, 0.4) is 0 Å². The smallest absolute Gasteiger partial charge is 0.127 e. The average molecular weight is 340 g/mol. The summed E-state index contributed by atoms with van der Waals surface area (Å²) >= 11 is 0. The van der Waals surface area contributed by atoms with Crippen LogP contribution in [-0.4, -0.2) is 66.4 Å². The molecular formula is C21H28N2O2. The molecule has 1 N–H and O–H groups in total. The number of hydrogen-bond acceptors (Lipinski definition) is 4. The van der Waals surface area contributed by atoms with Gasteiger partial charge in [-0.05, 0) is 50.3 Å². The van der Waals surface area contributed by atoms with Crippen molar-refractivity contribution in [2.45, 2.75) is 31.4 Å². The molecule has 0 amide bonds. The Kier molecular flexibility index (Phi) is 5.20. The van der Waals surface area contributed by atoms with Crippen molar-refractivity contribution in [2.24, 2.45) is 0 Å². The highest BCUT2D eigenvalue weighted by atomic mass is 16.5. The maximum atomic E-state index is 10.5. The topological polar surface area (TPSA) is 35.9 Å². The molecule has 2 fully saturated rings. The van der Waals surface area contributed by atoms with Crippen LogP contribution in [0.2, 0.25) is 0 Å². The van der Waals surface area contributed by atoms with E-state index >= 15 is 0 Å². The fourth-order valence-corrected chi connectivity index (χ4v) is 4.31. The molecule has 0 aliphatic carbocycles. The summed E-state index contributed by atoms with van der Waals surface area (Å²) in [6.45, 7) is 5.69. The Morgan fingerprint density at radius 2 is 1.88 bits per heavy atom. The van der Waals surface area contributed by atoms with Gasteiger partial charge in [-0.25, -0.2) is 0 Å². The zero-order chi connectivity index (χ0) is 17.1. The highest BCUT2D eigenvalue weighted by Gasteiger charge is 2.29. The maximum absolute atomic E-state index is 10.5. The lowest BCUT2D eigenvalue weighted by molar-refractivity contribution is 0.0663. The van der Waals surface area contributed by atoms with Crippen LogP contribution in [0.4, 0.5) is 0 Å². The Balaban J connectivity index is 1.33. The van der Waals surface area contributed by atoms with Crippen molar-refractivity contribution in [3.05, 3.63) is 42.5 Å². The lowest BCUT2D eigenvalue weighted by Gasteiger charge is -2.27. The third-order valence-corrected chi connectivity index (χ3v) is 5.54. The van der Waals surface area contributed by atoms with Gasteiger partial charge >= 0.3 is 0 Å². The molecule has 2 saturated heterocycles. The van der Waals surface area contributed by atoms with Crippen LogP contribution >= 0.6 is 0 Å². The van der Waals surface area contributed by atoms with E-state index in [9.17, 15) is 5.11 Å². The zero-order valence-corrected chi connectivity index (χ0v) is 14.8. The van der Waals surface area contributed by atoms with Crippen LogP contribution in [0.5, 0.6) is 5.75 Å². The second-order valence-electron chi connectivity index (χ2n) is 7.39. The highest BCUT2D eigenvalue weighted by molar-refractivity contribution is 5.88. The lowest BCUT2D eigenvalue weighted by Crippen LogP contribution is -2.41. The van der Waals surface area contributed by atoms with Gasteiger partial charge in [0, 0.05) is 24.5 Å². The number of hydrogen-bond donors (Lipinski definition) is 1. The Bertz CT molecular complexity index is 700. The first-order valence-electron chi connectivity index (χ1n) is 9.54. The van der Waals surface area contributed by atoms with Crippen LogP contribution in [0.25, 0.3) is 10.8 Å². The monoisotopic (exact) mass is 340 g/mol. The normalized spacial score (nSPS) is 23.3. The van der Waals surface area contributed by atoms with Crippen molar-refractivity contribution < 1.29 is 9.84 Å². The first kappa shape index (κ1) is 16.8. The number of nitrogens with zero attached hydrogens (tertiary/aromatic N) is 2. The molecule has 134 valence electrons. The van der Waals surface area contributed by atoms with E-state index in [-0.39, 0.29) is 0 Å². The van der Waals surface area contributed by atoms with Crippen LogP contribution in [-0.2, 0) is 0 Å². The molecule has 2 aromatic rings. The predicted molar refractivity (Wildman–Crippen MR) is 101 cm³/mol. The van der Waals surface area contributed by atoms with E-state index in [1.54, 1.807) is 0 Å². The third-order valence-electron chi connectivity index (χ3n) is 5.54. The highest BCUT2D eigenvalue weighted by Crippen LogP contribution is 2.25. The van der Waals surface area contributed by atoms with Crippen LogP contribution in [0.15, 0.2) is 42.5 Å². The molecule has 2 atom stereocenters. The van der Waals surface area contributed by atoms with Gasteiger partial charge in [-0.2, -0.15) is 0 Å². The minimum Gasteiger partial charge on any atom is -0.490 e. The van der Waals surface area contributed by atoms with Crippen molar-refractivity contribution in [1.82, 2.24) is 9.80 Å². The predicted octanol–water partition coefficient (Wildman–Crippen LogP) is 2.75. The second-order valence-corrected chi connectivity index (χ2v) is 7.39. The molecule has 25 heavy (non-hydrogen) atoms. The van der Waals surface area contributed by atoms with Crippen molar-refractivity contribution in [3.8, 4) is 5.75 Å². The molecule has 2 aliphatic heterocycles. The molecule has 2 heterocycles. The minimum absolute atomic E-state index is 0.346. The maximum Gasteiger partial charge on any atom is 0.127 e. The molecule has 2 aromatic carbocycles. The number of benzene rings is 2. The molecule has 0 bridgehead atoms. The molecule has 4 heteroatoms. The van der Waals surface area contributed by atoms with Crippen LogP contribution in [0, 0.1) is 0 Å². The van der Waals surface area contributed by atoms with E-state index in [4.69, 9.17) is 4.74 Å². The standard InChI is InChI=1S/C21H28N2O2/c24-19(15-22-11-5-13-23-12-4-8-18(23)14-22)16-25-21-10-3-7-17-6-1-2-9-20(17)21/h1-3,6-7,9-10,18-19,24H,4-5,8,11-16H2/t18-,19-/m0/s1. The number of rotatable bonds is 5. The molecule has 2 aliphatic rings. The quantitative estimate of drug-likeness (QED) is 0.908. The average Bonchev–Trinajstić information content (AvgIpc) is 2.98. The summed E-state index contributed by atoms with van der Waals surface area (Å²) in [5, 5.41) is 12.8. The van der Waals surface area contributed by atoms with Gasteiger partial charge in [0.25, 0.3) is 0 Å². The number of ether oxygens (including phenoxy) is 1. The summed E-state index contributed by atoms with van der Waals surface area (Å²) in [7, 11) is 0. The van der Waals surface area contributed by atoms with Gasteiger partial charge in [-0.15, -0.1) is 0 Å². The summed E-state index contributed by atoms with van der Waals surface area (Å²) in [6.07, 6.45) is 3.38. The molecule has 0 saturated carbocycles. The molecule has 0 aromatic heterocycles. The van der Waals surface area contributed by atoms with Gasteiger partial charge in [0.2, 0.25) is 0 Å². The van der Waals surface area contributed by atoms with Crippen molar-refractivity contribution in [1.29, 1.82) is 0 Å². The Morgan fingerprint density at radius 3 is 2.84 bits per heavy atom. The summed E-state index contributed by atoms with van der Waals surface area (Å²) in [6, 6.07) is 15.0. The fourth-order valence-electron chi connectivity index (χ4n) is 4.31. The minimum atomic E-state index is -0.452. The SMILES string of the molecule is O[C@H](COc1cccc2ccccc12)CN1CCCN2CCC[C@H]2C1. The summed E-state index contributed by atoms with van der Waals surface area (Å²) in [5.74, 6) is 0.856. The van der Waals surface area contributed by atoms with Crippen LogP contribution in [0.1, 0.15) is 19.3 Å². The first-order chi connectivity index (χ1) is 12.3. The Labute approximate surface area is 150 Å². The Morgan fingerprint density at radius 1 is 1.04 bits per heavy atom. The summed E-state index contributed by atoms with van der Waals surface area (Å²) in [4.78, 5) is 5.05. The zero-order valence-electron chi connectivity index (χ0n) is 14.8. The van der Waals surface area contributed by atoms with E-state index in [1.165, 1.54) is 37.7 Å². The van der Waals surface area contributed by atoms with Gasteiger partial charge in [0.1, 0.15) is 18.5 Å². The molecular weight excluding hydrogens is 312 g/mol. The van der Waals surface area contributed by atoms with Crippen molar-refractivity contribution in [2.75, 3.05) is 39.3 Å². The van der Waals surface area contributed by atoms with E-state index in [1.807, 2.05) is 24.3 Å². The number of fused-ring (bicyclic) bond motifs is 2. The van der Waals surface area contributed by atoms with Gasteiger partial charge < -0.3 is 9.84 Å². The van der Waals surface area contributed by atoms with Gasteiger partial charge in [0.15, 0.2) is 0 Å². The molecule has 4 nitrogen and oxygen atoms in total. The van der Waals surface area contributed by atoms with Gasteiger partial charge in [0.05, 0.1) is 0 Å². The fraction of sp³-hybridized carbons (Fsp3) is 0.524. The molecule has 0 spiro atoms. The van der Waals surface area contributed by atoms with E-state index in [2.05, 4.69) is 28.0 Å².